The minimum atomic E-state index is -1.15. The van der Waals surface area contributed by atoms with Crippen molar-refractivity contribution in [3.8, 4) is 0 Å². The van der Waals surface area contributed by atoms with Crippen molar-refractivity contribution >= 4 is 11.9 Å². The Morgan fingerprint density at radius 1 is 1.20 bits per heavy atom. The number of unbranched alkanes of at least 4 members (excludes halogenated alkanes) is 1. The molecule has 1 fully saturated rings. The van der Waals surface area contributed by atoms with Gasteiger partial charge in [-0.1, -0.05) is 25.8 Å². The summed E-state index contributed by atoms with van der Waals surface area (Å²) in [5.41, 5.74) is 0.0160. The Bertz CT molecular complexity index is 589. The number of carboxylic acid groups (broad SMARTS) is 1. The first-order valence-corrected chi connectivity index (χ1v) is 8.87. The van der Waals surface area contributed by atoms with Crippen molar-refractivity contribution in [2.75, 3.05) is 32.7 Å². The average molecular weight is 351 g/mol. The monoisotopic (exact) mass is 351 g/mol. The fourth-order valence-corrected chi connectivity index (χ4v) is 2.90. The summed E-state index contributed by atoms with van der Waals surface area (Å²) in [6, 6.07) is 4.42. The maximum Gasteiger partial charge on any atom is 0.354 e. The zero-order chi connectivity index (χ0) is 18.2. The third-order valence-corrected chi connectivity index (χ3v) is 4.48. The van der Waals surface area contributed by atoms with Gasteiger partial charge < -0.3 is 10.0 Å². The SMILES string of the molecule is CCCCC(F)CCN1CCN(C(=O)c2cccc(C(=O)O)n2)CC1. The lowest BCUT2D eigenvalue weighted by Crippen LogP contribution is -2.49. The highest BCUT2D eigenvalue weighted by Crippen LogP contribution is 2.12. The number of nitrogens with zero attached hydrogens (tertiary/aromatic N) is 3. The molecule has 1 aliphatic heterocycles. The molecule has 1 N–H and O–H groups in total. The van der Waals surface area contributed by atoms with Crippen LogP contribution in [0.25, 0.3) is 0 Å². The molecular formula is C18H26FN3O3. The molecule has 1 aromatic heterocycles. The van der Waals surface area contributed by atoms with Gasteiger partial charge in [-0.15, -0.1) is 0 Å². The van der Waals surface area contributed by atoms with Crippen LogP contribution in [0.3, 0.4) is 0 Å². The lowest BCUT2D eigenvalue weighted by Gasteiger charge is -2.34. The smallest absolute Gasteiger partial charge is 0.354 e. The van der Waals surface area contributed by atoms with E-state index in [-0.39, 0.29) is 17.3 Å². The summed E-state index contributed by atoms with van der Waals surface area (Å²) in [6.45, 7) is 5.26. The van der Waals surface area contributed by atoms with E-state index < -0.39 is 12.1 Å². The maximum absolute atomic E-state index is 13.7. The molecule has 0 bridgehead atoms. The molecule has 1 atom stereocenters. The molecule has 0 radical (unpaired) electrons. The number of aromatic nitrogens is 1. The summed E-state index contributed by atoms with van der Waals surface area (Å²) in [4.78, 5) is 31.2. The standard InChI is InChI=1S/C18H26FN3O3/c1-2-3-5-14(19)8-9-21-10-12-22(13-11-21)17(23)15-6-4-7-16(20-15)18(24)25/h4,6-7,14H,2-3,5,8-13H2,1H3,(H,24,25). The van der Waals surface area contributed by atoms with E-state index in [1.54, 1.807) is 4.90 Å². The number of carbonyl (C=O) groups is 2. The second-order valence-corrected chi connectivity index (χ2v) is 6.38. The number of halogens is 1. The second-order valence-electron chi connectivity index (χ2n) is 6.38. The Labute approximate surface area is 147 Å². The van der Waals surface area contributed by atoms with Crippen LogP contribution in [-0.4, -0.2) is 70.7 Å². The fraction of sp³-hybridized carbons (Fsp3) is 0.611. The third-order valence-electron chi connectivity index (χ3n) is 4.48. The van der Waals surface area contributed by atoms with Crippen molar-refractivity contribution in [1.29, 1.82) is 0 Å². The van der Waals surface area contributed by atoms with Crippen molar-refractivity contribution < 1.29 is 19.1 Å². The molecule has 2 heterocycles. The molecule has 0 saturated carbocycles. The molecule has 1 amide bonds. The second kappa shape index (κ2) is 9.46. The first-order valence-electron chi connectivity index (χ1n) is 8.87. The summed E-state index contributed by atoms with van der Waals surface area (Å²) >= 11 is 0. The third kappa shape index (κ3) is 5.77. The molecule has 25 heavy (non-hydrogen) atoms. The Hall–Kier alpha value is -2.02. The molecule has 1 aliphatic rings. The Morgan fingerprint density at radius 2 is 1.88 bits per heavy atom. The van der Waals surface area contributed by atoms with E-state index in [2.05, 4.69) is 16.8 Å². The van der Waals surface area contributed by atoms with Crippen LogP contribution in [0.5, 0.6) is 0 Å². The number of rotatable bonds is 8. The van der Waals surface area contributed by atoms with Crippen molar-refractivity contribution in [3.05, 3.63) is 29.6 Å². The Kier molecular flexibility index (Phi) is 7.31. The number of alkyl halides is 1. The number of carboxylic acids is 1. The first-order chi connectivity index (χ1) is 12.0. The van der Waals surface area contributed by atoms with Crippen LogP contribution in [0, 0.1) is 0 Å². The van der Waals surface area contributed by atoms with Gasteiger partial charge >= 0.3 is 5.97 Å². The minimum Gasteiger partial charge on any atom is -0.477 e. The van der Waals surface area contributed by atoms with Crippen LogP contribution in [0.1, 0.15) is 53.6 Å². The molecule has 0 aromatic carbocycles. The molecule has 138 valence electrons. The van der Waals surface area contributed by atoms with Gasteiger partial charge in [-0.3, -0.25) is 9.69 Å². The highest BCUT2D eigenvalue weighted by molar-refractivity contribution is 5.94. The van der Waals surface area contributed by atoms with Crippen LogP contribution in [-0.2, 0) is 0 Å². The predicted octanol–water partition coefficient (Wildman–Crippen LogP) is 2.46. The van der Waals surface area contributed by atoms with E-state index in [4.69, 9.17) is 5.11 Å². The van der Waals surface area contributed by atoms with Crippen LogP contribution in [0.15, 0.2) is 18.2 Å². The van der Waals surface area contributed by atoms with Gasteiger partial charge in [-0.25, -0.2) is 14.2 Å². The molecule has 1 saturated heterocycles. The van der Waals surface area contributed by atoms with Crippen molar-refractivity contribution in [2.24, 2.45) is 0 Å². The van der Waals surface area contributed by atoms with E-state index in [9.17, 15) is 14.0 Å². The van der Waals surface area contributed by atoms with E-state index in [0.717, 1.165) is 12.8 Å². The Balaban J connectivity index is 1.80. The molecular weight excluding hydrogens is 325 g/mol. The summed E-state index contributed by atoms with van der Waals surface area (Å²) < 4.78 is 13.7. The average Bonchev–Trinajstić information content (AvgIpc) is 2.64. The molecule has 7 heteroatoms. The number of carbonyl (C=O) groups excluding carboxylic acids is 1. The van der Waals surface area contributed by atoms with E-state index in [1.165, 1.54) is 18.2 Å². The van der Waals surface area contributed by atoms with Gasteiger partial charge in [-0.05, 0) is 25.0 Å². The van der Waals surface area contributed by atoms with Gasteiger partial charge in [0.25, 0.3) is 5.91 Å². The topological polar surface area (TPSA) is 73.7 Å². The predicted molar refractivity (Wildman–Crippen MR) is 92.6 cm³/mol. The molecule has 1 unspecified atom stereocenters. The van der Waals surface area contributed by atoms with Gasteiger partial charge in [0, 0.05) is 32.7 Å². The van der Waals surface area contributed by atoms with E-state index in [0.29, 0.717) is 45.6 Å². The number of amides is 1. The number of aromatic carboxylic acids is 1. The molecule has 6 nitrogen and oxygen atoms in total. The quantitative estimate of drug-likeness (QED) is 0.779. The van der Waals surface area contributed by atoms with E-state index in [1.807, 2.05) is 0 Å². The van der Waals surface area contributed by atoms with Crippen molar-refractivity contribution in [2.45, 2.75) is 38.8 Å². The normalized spacial score (nSPS) is 16.6. The van der Waals surface area contributed by atoms with Crippen molar-refractivity contribution in [1.82, 2.24) is 14.8 Å². The number of hydrogen-bond donors (Lipinski definition) is 1. The van der Waals surface area contributed by atoms with Gasteiger partial charge in [0.1, 0.15) is 17.6 Å². The van der Waals surface area contributed by atoms with Crippen LogP contribution >= 0.6 is 0 Å². The van der Waals surface area contributed by atoms with Crippen LogP contribution < -0.4 is 0 Å². The molecule has 0 spiro atoms. The Morgan fingerprint density at radius 3 is 2.52 bits per heavy atom. The highest BCUT2D eigenvalue weighted by Gasteiger charge is 2.23. The zero-order valence-corrected chi connectivity index (χ0v) is 14.7. The summed E-state index contributed by atoms with van der Waals surface area (Å²) in [7, 11) is 0. The fourth-order valence-electron chi connectivity index (χ4n) is 2.90. The first kappa shape index (κ1) is 19.3. The number of pyridine rings is 1. The lowest BCUT2D eigenvalue weighted by molar-refractivity contribution is 0.0618. The highest BCUT2D eigenvalue weighted by atomic mass is 19.1. The molecule has 2 rings (SSSR count). The maximum atomic E-state index is 13.7. The zero-order valence-electron chi connectivity index (χ0n) is 14.7. The van der Waals surface area contributed by atoms with Gasteiger partial charge in [0.05, 0.1) is 0 Å². The molecule has 1 aromatic rings. The van der Waals surface area contributed by atoms with Gasteiger partial charge in [0.15, 0.2) is 0 Å². The van der Waals surface area contributed by atoms with E-state index >= 15 is 0 Å². The minimum absolute atomic E-state index is 0.134. The van der Waals surface area contributed by atoms with Gasteiger partial charge in [0.2, 0.25) is 0 Å². The largest absolute Gasteiger partial charge is 0.477 e. The molecule has 0 aliphatic carbocycles. The van der Waals surface area contributed by atoms with Crippen molar-refractivity contribution in [3.63, 3.8) is 0 Å². The summed E-state index contributed by atoms with van der Waals surface area (Å²) in [6.07, 6.45) is 2.35. The van der Waals surface area contributed by atoms with Crippen LogP contribution in [0.4, 0.5) is 4.39 Å². The van der Waals surface area contributed by atoms with Gasteiger partial charge in [-0.2, -0.15) is 0 Å². The summed E-state index contributed by atoms with van der Waals surface area (Å²) in [5, 5.41) is 8.97. The van der Waals surface area contributed by atoms with Crippen LogP contribution in [0.2, 0.25) is 0 Å². The number of piperazine rings is 1. The lowest BCUT2D eigenvalue weighted by atomic mass is 10.1. The number of hydrogen-bond acceptors (Lipinski definition) is 4. The summed E-state index contributed by atoms with van der Waals surface area (Å²) in [5.74, 6) is -1.41.